The molecule has 1 aliphatic rings. The number of nitrogens with zero attached hydrogens (tertiary/aromatic N) is 2. The van der Waals surface area contributed by atoms with Crippen LogP contribution < -0.4 is 5.32 Å². The number of carbonyl (C=O) groups excluding carboxylic acids is 1. The summed E-state index contributed by atoms with van der Waals surface area (Å²) in [5.74, 6) is -0.801. The topological polar surface area (TPSA) is 125 Å². The van der Waals surface area contributed by atoms with Crippen LogP contribution in [0.25, 0.3) is 0 Å². The average molecular weight is 351 g/mol. The summed E-state index contributed by atoms with van der Waals surface area (Å²) < 4.78 is 5.49. The molecule has 9 heteroatoms. The summed E-state index contributed by atoms with van der Waals surface area (Å²) in [5, 5.41) is 25.3. The van der Waals surface area contributed by atoms with Crippen molar-refractivity contribution in [3.05, 3.63) is 44.0 Å². The second-order valence-electron chi connectivity index (χ2n) is 7.58. The van der Waals surface area contributed by atoms with Crippen molar-refractivity contribution in [2.45, 2.75) is 57.7 Å². The van der Waals surface area contributed by atoms with Crippen molar-refractivity contribution >= 4 is 17.3 Å². The maximum atomic E-state index is 12.4. The van der Waals surface area contributed by atoms with Gasteiger partial charge in [0, 0.05) is 36.1 Å². The molecule has 0 amide bonds. The van der Waals surface area contributed by atoms with Crippen molar-refractivity contribution < 1.29 is 19.4 Å². The first-order valence-electron chi connectivity index (χ1n) is 7.83. The number of hydrogen-bond donors (Lipinski definition) is 1. The van der Waals surface area contributed by atoms with Crippen LogP contribution in [0.5, 0.6) is 0 Å². The van der Waals surface area contributed by atoms with E-state index in [4.69, 9.17) is 4.74 Å². The van der Waals surface area contributed by atoms with E-state index < -0.39 is 33.3 Å². The lowest BCUT2D eigenvalue weighted by molar-refractivity contribution is -0.394. The van der Waals surface area contributed by atoms with E-state index >= 15 is 0 Å². The van der Waals surface area contributed by atoms with Gasteiger partial charge in [-0.2, -0.15) is 0 Å². The SMILES string of the molecule is CC1(C)CC(OC(=O)c2cc([N+](=O)[O-])cc([N+](=O)[O-])c2)CC(C)(C)N1. The van der Waals surface area contributed by atoms with E-state index in [1.807, 2.05) is 27.7 Å². The summed E-state index contributed by atoms with van der Waals surface area (Å²) in [4.78, 5) is 32.7. The van der Waals surface area contributed by atoms with Crippen LogP contribution in [0.3, 0.4) is 0 Å². The monoisotopic (exact) mass is 351 g/mol. The Morgan fingerprint density at radius 1 is 1.04 bits per heavy atom. The minimum absolute atomic E-state index is 0.199. The van der Waals surface area contributed by atoms with Gasteiger partial charge in [0.1, 0.15) is 6.10 Å². The number of benzene rings is 1. The molecular formula is C16H21N3O6. The van der Waals surface area contributed by atoms with Crippen molar-refractivity contribution in [3.63, 3.8) is 0 Å². The highest BCUT2D eigenvalue weighted by molar-refractivity contribution is 5.91. The zero-order valence-corrected chi connectivity index (χ0v) is 14.6. The summed E-state index contributed by atoms with van der Waals surface area (Å²) in [6.45, 7) is 7.97. The van der Waals surface area contributed by atoms with Crippen LogP contribution >= 0.6 is 0 Å². The Hall–Kier alpha value is -2.55. The Bertz CT molecular complexity index is 680. The summed E-state index contributed by atoms with van der Waals surface area (Å²) in [6.07, 6.45) is 0.746. The number of nitro groups is 2. The number of esters is 1. The molecule has 0 atom stereocenters. The molecule has 1 aliphatic heterocycles. The van der Waals surface area contributed by atoms with Crippen LogP contribution in [0.1, 0.15) is 50.9 Å². The quantitative estimate of drug-likeness (QED) is 0.502. The van der Waals surface area contributed by atoms with Crippen molar-refractivity contribution in [2.24, 2.45) is 0 Å². The third-order valence-electron chi connectivity index (χ3n) is 3.99. The third-order valence-corrected chi connectivity index (χ3v) is 3.99. The molecule has 0 saturated carbocycles. The van der Waals surface area contributed by atoms with Crippen LogP contribution in [-0.2, 0) is 4.74 Å². The van der Waals surface area contributed by atoms with Crippen LogP contribution in [0.15, 0.2) is 18.2 Å². The van der Waals surface area contributed by atoms with Crippen LogP contribution in [0.4, 0.5) is 11.4 Å². The van der Waals surface area contributed by atoms with Gasteiger partial charge in [-0.05, 0) is 27.7 Å². The van der Waals surface area contributed by atoms with Gasteiger partial charge in [0.15, 0.2) is 0 Å². The van der Waals surface area contributed by atoms with Gasteiger partial charge in [-0.1, -0.05) is 0 Å². The Labute approximate surface area is 144 Å². The van der Waals surface area contributed by atoms with Crippen molar-refractivity contribution in [3.8, 4) is 0 Å². The largest absolute Gasteiger partial charge is 0.459 e. The van der Waals surface area contributed by atoms with Crippen LogP contribution in [0, 0.1) is 20.2 Å². The molecule has 1 saturated heterocycles. The summed E-state index contributed by atoms with van der Waals surface area (Å²) >= 11 is 0. The number of nitro benzene ring substituents is 2. The number of nitrogens with one attached hydrogen (secondary N) is 1. The Morgan fingerprint density at radius 2 is 1.48 bits per heavy atom. The molecule has 1 aromatic carbocycles. The van der Waals surface area contributed by atoms with E-state index in [-0.39, 0.29) is 16.6 Å². The second-order valence-corrected chi connectivity index (χ2v) is 7.58. The highest BCUT2D eigenvalue weighted by Gasteiger charge is 2.39. The fraction of sp³-hybridized carbons (Fsp3) is 0.562. The first kappa shape index (κ1) is 18.8. The van der Waals surface area contributed by atoms with E-state index in [9.17, 15) is 25.0 Å². The molecule has 1 fully saturated rings. The number of hydrogen-bond acceptors (Lipinski definition) is 7. The molecule has 0 radical (unpaired) electrons. The molecule has 2 rings (SSSR count). The molecule has 0 bridgehead atoms. The fourth-order valence-electron chi connectivity index (χ4n) is 3.46. The normalized spacial score (nSPS) is 19.2. The zero-order chi connectivity index (χ0) is 19.0. The smallest absolute Gasteiger partial charge is 0.338 e. The molecule has 9 nitrogen and oxygen atoms in total. The van der Waals surface area contributed by atoms with E-state index in [0.29, 0.717) is 12.8 Å². The lowest BCUT2D eigenvalue weighted by Gasteiger charge is -2.45. The highest BCUT2D eigenvalue weighted by Crippen LogP contribution is 2.31. The van der Waals surface area contributed by atoms with Gasteiger partial charge in [-0.25, -0.2) is 4.79 Å². The molecule has 0 unspecified atom stereocenters. The maximum absolute atomic E-state index is 12.4. The Kier molecular flexibility index (Phi) is 4.81. The fourth-order valence-corrected chi connectivity index (χ4v) is 3.46. The molecule has 0 aliphatic carbocycles. The number of carbonyl (C=O) groups is 1. The minimum atomic E-state index is -0.801. The van der Waals surface area contributed by atoms with E-state index in [1.54, 1.807) is 0 Å². The van der Waals surface area contributed by atoms with Gasteiger partial charge in [0.25, 0.3) is 11.4 Å². The van der Waals surface area contributed by atoms with Crippen LogP contribution in [0.2, 0.25) is 0 Å². The molecule has 136 valence electrons. The van der Waals surface area contributed by atoms with Crippen molar-refractivity contribution in [1.82, 2.24) is 5.32 Å². The zero-order valence-electron chi connectivity index (χ0n) is 14.6. The lowest BCUT2D eigenvalue weighted by atomic mass is 9.81. The Morgan fingerprint density at radius 3 is 1.88 bits per heavy atom. The molecule has 1 N–H and O–H groups in total. The molecule has 1 aromatic rings. The van der Waals surface area contributed by atoms with E-state index in [1.165, 1.54) is 0 Å². The molecule has 25 heavy (non-hydrogen) atoms. The van der Waals surface area contributed by atoms with Gasteiger partial charge in [-0.3, -0.25) is 20.2 Å². The van der Waals surface area contributed by atoms with Crippen molar-refractivity contribution in [2.75, 3.05) is 0 Å². The highest BCUT2D eigenvalue weighted by atomic mass is 16.6. The van der Waals surface area contributed by atoms with E-state index in [2.05, 4.69) is 5.32 Å². The minimum Gasteiger partial charge on any atom is -0.459 e. The molecular weight excluding hydrogens is 330 g/mol. The van der Waals surface area contributed by atoms with Gasteiger partial charge < -0.3 is 10.1 Å². The number of piperidine rings is 1. The van der Waals surface area contributed by atoms with Gasteiger partial charge in [0.2, 0.25) is 0 Å². The Balaban J connectivity index is 2.26. The molecule has 0 spiro atoms. The van der Waals surface area contributed by atoms with Gasteiger partial charge in [-0.15, -0.1) is 0 Å². The second kappa shape index (κ2) is 6.40. The third kappa shape index (κ3) is 4.72. The van der Waals surface area contributed by atoms with Crippen molar-refractivity contribution in [1.29, 1.82) is 0 Å². The number of ether oxygens (including phenoxy) is 1. The number of rotatable bonds is 4. The molecule has 0 aromatic heterocycles. The lowest BCUT2D eigenvalue weighted by Crippen LogP contribution is -2.59. The van der Waals surface area contributed by atoms with Gasteiger partial charge >= 0.3 is 5.97 Å². The standard InChI is InChI=1S/C16H21N3O6/c1-15(2)8-13(9-16(3,4)17-15)25-14(20)10-5-11(18(21)22)7-12(6-10)19(23)24/h5-7,13,17H,8-9H2,1-4H3. The number of non-ortho nitro benzene ring substituents is 2. The molecule has 1 heterocycles. The first-order valence-corrected chi connectivity index (χ1v) is 7.83. The summed E-state index contributed by atoms with van der Waals surface area (Å²) in [7, 11) is 0. The van der Waals surface area contributed by atoms with E-state index in [0.717, 1.165) is 18.2 Å². The van der Waals surface area contributed by atoms with Gasteiger partial charge in [0.05, 0.1) is 21.5 Å². The first-order chi connectivity index (χ1) is 11.4. The maximum Gasteiger partial charge on any atom is 0.338 e. The predicted molar refractivity (Wildman–Crippen MR) is 89.5 cm³/mol. The predicted octanol–water partition coefficient (Wildman–Crippen LogP) is 2.97. The summed E-state index contributed by atoms with van der Waals surface area (Å²) in [6, 6.07) is 2.80. The summed E-state index contributed by atoms with van der Waals surface area (Å²) in [5.41, 5.74) is -1.74. The average Bonchev–Trinajstić information content (AvgIpc) is 2.43. The van der Waals surface area contributed by atoms with Crippen LogP contribution in [-0.4, -0.2) is 33.0 Å².